The van der Waals surface area contributed by atoms with E-state index in [-0.39, 0.29) is 11.7 Å². The maximum absolute atomic E-state index is 13.3. The molecule has 2 aromatic carbocycles. The van der Waals surface area contributed by atoms with E-state index < -0.39 is 0 Å². The summed E-state index contributed by atoms with van der Waals surface area (Å²) >= 11 is 1.38. The lowest BCUT2D eigenvalue weighted by molar-refractivity contribution is 0.103. The van der Waals surface area contributed by atoms with E-state index in [1.165, 1.54) is 29.0 Å². The SMILES string of the molecule is CCc1cccc(NC(=O)c2scc(-c3ccc(F)cc3)c2-n2cccc2)c1. The molecule has 3 nitrogen and oxygen atoms in total. The van der Waals surface area contributed by atoms with Crippen LogP contribution in [0.3, 0.4) is 0 Å². The number of amides is 1. The predicted molar refractivity (Wildman–Crippen MR) is 113 cm³/mol. The Morgan fingerprint density at radius 3 is 2.54 bits per heavy atom. The first-order valence-electron chi connectivity index (χ1n) is 9.07. The van der Waals surface area contributed by atoms with Gasteiger partial charge in [-0.3, -0.25) is 4.79 Å². The molecule has 0 radical (unpaired) electrons. The van der Waals surface area contributed by atoms with Gasteiger partial charge in [-0.25, -0.2) is 4.39 Å². The van der Waals surface area contributed by atoms with Crippen molar-refractivity contribution in [1.82, 2.24) is 4.57 Å². The first-order valence-corrected chi connectivity index (χ1v) is 9.94. The highest BCUT2D eigenvalue weighted by Crippen LogP contribution is 2.35. The van der Waals surface area contributed by atoms with Crippen LogP contribution < -0.4 is 5.32 Å². The Morgan fingerprint density at radius 1 is 1.07 bits per heavy atom. The van der Waals surface area contributed by atoms with Crippen LogP contribution in [-0.4, -0.2) is 10.5 Å². The predicted octanol–water partition coefficient (Wildman–Crippen LogP) is 6.16. The second-order valence-electron chi connectivity index (χ2n) is 6.43. The summed E-state index contributed by atoms with van der Waals surface area (Å²) in [5.74, 6) is -0.439. The Hall–Kier alpha value is -3.18. The highest BCUT2D eigenvalue weighted by molar-refractivity contribution is 7.13. The summed E-state index contributed by atoms with van der Waals surface area (Å²) < 4.78 is 15.3. The summed E-state index contributed by atoms with van der Waals surface area (Å²) in [5.41, 5.74) is 4.51. The van der Waals surface area contributed by atoms with Gasteiger partial charge < -0.3 is 9.88 Å². The van der Waals surface area contributed by atoms with E-state index in [2.05, 4.69) is 12.2 Å². The quantitative estimate of drug-likeness (QED) is 0.435. The average Bonchev–Trinajstić information content (AvgIpc) is 3.38. The molecule has 0 aliphatic rings. The van der Waals surface area contributed by atoms with Crippen LogP contribution in [0, 0.1) is 5.82 Å². The van der Waals surface area contributed by atoms with Gasteiger partial charge in [0, 0.05) is 29.0 Å². The van der Waals surface area contributed by atoms with E-state index in [9.17, 15) is 9.18 Å². The molecular weight excluding hydrogens is 371 g/mol. The average molecular weight is 390 g/mol. The van der Waals surface area contributed by atoms with Gasteiger partial charge in [-0.1, -0.05) is 31.2 Å². The first kappa shape index (κ1) is 18.2. The second-order valence-corrected chi connectivity index (χ2v) is 7.31. The fourth-order valence-electron chi connectivity index (χ4n) is 3.14. The van der Waals surface area contributed by atoms with Gasteiger partial charge in [-0.2, -0.15) is 0 Å². The Balaban J connectivity index is 1.74. The number of carbonyl (C=O) groups excluding carboxylic acids is 1. The molecule has 0 fully saturated rings. The number of anilines is 1. The highest BCUT2D eigenvalue weighted by atomic mass is 32.1. The second kappa shape index (κ2) is 7.82. The summed E-state index contributed by atoms with van der Waals surface area (Å²) in [4.78, 5) is 13.7. The molecule has 140 valence electrons. The van der Waals surface area contributed by atoms with Gasteiger partial charge in [-0.15, -0.1) is 11.3 Å². The molecule has 4 rings (SSSR count). The van der Waals surface area contributed by atoms with Crippen molar-refractivity contribution in [2.75, 3.05) is 5.32 Å². The van der Waals surface area contributed by atoms with Crippen molar-refractivity contribution in [1.29, 1.82) is 0 Å². The Kier molecular flexibility index (Phi) is 5.08. The van der Waals surface area contributed by atoms with Gasteiger partial charge >= 0.3 is 0 Å². The molecule has 1 amide bonds. The number of aryl methyl sites for hydroxylation is 1. The molecule has 2 heterocycles. The minimum absolute atomic E-state index is 0.157. The smallest absolute Gasteiger partial charge is 0.267 e. The number of thiophene rings is 1. The van der Waals surface area contributed by atoms with E-state index in [0.717, 1.165) is 28.9 Å². The number of nitrogens with one attached hydrogen (secondary N) is 1. The maximum atomic E-state index is 13.3. The Morgan fingerprint density at radius 2 is 1.82 bits per heavy atom. The van der Waals surface area contributed by atoms with Gasteiger partial charge in [0.25, 0.3) is 5.91 Å². The van der Waals surface area contributed by atoms with Gasteiger partial charge in [0.05, 0.1) is 5.69 Å². The fourth-order valence-corrected chi connectivity index (χ4v) is 4.11. The van der Waals surface area contributed by atoms with E-state index in [0.29, 0.717) is 4.88 Å². The van der Waals surface area contributed by atoms with Crippen LogP contribution >= 0.6 is 11.3 Å². The van der Waals surface area contributed by atoms with E-state index in [1.807, 2.05) is 58.7 Å². The topological polar surface area (TPSA) is 34.0 Å². The summed E-state index contributed by atoms with van der Waals surface area (Å²) in [7, 11) is 0. The van der Waals surface area contributed by atoms with Crippen LogP contribution in [0.25, 0.3) is 16.8 Å². The highest BCUT2D eigenvalue weighted by Gasteiger charge is 2.20. The van der Waals surface area contributed by atoms with E-state index in [4.69, 9.17) is 0 Å². The molecule has 0 saturated carbocycles. The van der Waals surface area contributed by atoms with E-state index in [1.54, 1.807) is 12.1 Å². The van der Waals surface area contributed by atoms with Gasteiger partial charge in [0.15, 0.2) is 0 Å². The van der Waals surface area contributed by atoms with E-state index >= 15 is 0 Å². The number of hydrogen-bond donors (Lipinski definition) is 1. The third-order valence-corrected chi connectivity index (χ3v) is 5.55. The van der Waals surface area contributed by atoms with Crippen molar-refractivity contribution in [2.24, 2.45) is 0 Å². The van der Waals surface area contributed by atoms with Crippen LogP contribution in [0.1, 0.15) is 22.2 Å². The van der Waals surface area contributed by atoms with Gasteiger partial charge in [-0.05, 0) is 53.9 Å². The lowest BCUT2D eigenvalue weighted by Crippen LogP contribution is -2.13. The Bertz CT molecular complexity index is 1100. The lowest BCUT2D eigenvalue weighted by Gasteiger charge is -2.11. The molecule has 0 saturated heterocycles. The third kappa shape index (κ3) is 3.62. The molecule has 2 aromatic heterocycles. The fraction of sp³-hybridized carbons (Fsp3) is 0.0870. The summed E-state index contributed by atoms with van der Waals surface area (Å²) in [5, 5.41) is 4.95. The number of halogens is 1. The Labute approximate surface area is 167 Å². The zero-order chi connectivity index (χ0) is 19.5. The first-order chi connectivity index (χ1) is 13.7. The zero-order valence-electron chi connectivity index (χ0n) is 15.4. The molecule has 5 heteroatoms. The molecule has 0 aliphatic carbocycles. The molecule has 1 N–H and O–H groups in total. The molecule has 0 spiro atoms. The van der Waals surface area contributed by atoms with Crippen molar-refractivity contribution >= 4 is 22.9 Å². The summed E-state index contributed by atoms with van der Waals surface area (Å²) in [6.07, 6.45) is 4.72. The molecule has 0 aliphatic heterocycles. The molecule has 0 bridgehead atoms. The number of rotatable bonds is 5. The monoisotopic (exact) mass is 390 g/mol. The van der Waals surface area contributed by atoms with Crippen LogP contribution in [0.2, 0.25) is 0 Å². The van der Waals surface area contributed by atoms with Crippen LogP contribution in [0.5, 0.6) is 0 Å². The number of hydrogen-bond acceptors (Lipinski definition) is 2. The van der Waals surface area contributed by atoms with Crippen LogP contribution in [0.15, 0.2) is 78.4 Å². The van der Waals surface area contributed by atoms with Crippen molar-refractivity contribution in [3.8, 4) is 16.8 Å². The van der Waals surface area contributed by atoms with Crippen molar-refractivity contribution < 1.29 is 9.18 Å². The summed E-state index contributed by atoms with van der Waals surface area (Å²) in [6, 6.07) is 18.0. The minimum atomic E-state index is -0.282. The molecule has 0 atom stereocenters. The largest absolute Gasteiger partial charge is 0.322 e. The van der Waals surface area contributed by atoms with Crippen molar-refractivity contribution in [3.63, 3.8) is 0 Å². The third-order valence-electron chi connectivity index (χ3n) is 4.58. The lowest BCUT2D eigenvalue weighted by atomic mass is 10.1. The number of carbonyl (C=O) groups is 1. The standard InChI is InChI=1S/C23H19FN2OS/c1-2-16-6-5-7-19(14-16)25-23(27)22-21(26-12-3-4-13-26)20(15-28-22)17-8-10-18(24)11-9-17/h3-15H,2H2,1H3,(H,25,27). The number of aromatic nitrogens is 1. The van der Waals surface area contributed by atoms with Crippen molar-refractivity contribution in [2.45, 2.75) is 13.3 Å². The van der Waals surface area contributed by atoms with Gasteiger partial charge in [0.1, 0.15) is 10.7 Å². The molecule has 4 aromatic rings. The molecule has 0 unspecified atom stereocenters. The molecule has 28 heavy (non-hydrogen) atoms. The molecular formula is C23H19FN2OS. The van der Waals surface area contributed by atoms with Crippen molar-refractivity contribution in [3.05, 3.63) is 94.7 Å². The van der Waals surface area contributed by atoms with Crippen LogP contribution in [-0.2, 0) is 6.42 Å². The zero-order valence-corrected chi connectivity index (χ0v) is 16.2. The maximum Gasteiger partial charge on any atom is 0.267 e. The minimum Gasteiger partial charge on any atom is -0.322 e. The van der Waals surface area contributed by atoms with Gasteiger partial charge in [0.2, 0.25) is 0 Å². The normalized spacial score (nSPS) is 10.8. The van der Waals surface area contributed by atoms with Crippen LogP contribution in [0.4, 0.5) is 10.1 Å². The number of nitrogens with zero attached hydrogens (tertiary/aromatic N) is 1. The summed E-state index contributed by atoms with van der Waals surface area (Å²) in [6.45, 7) is 2.08. The number of benzene rings is 2.